The largest absolute Gasteiger partial charge is 0.481 e. The van der Waals surface area contributed by atoms with Crippen LogP contribution in [0.5, 0.6) is 5.88 Å². The van der Waals surface area contributed by atoms with Crippen LogP contribution in [0.25, 0.3) is 11.3 Å². The molecule has 5 nitrogen and oxygen atoms in total. The van der Waals surface area contributed by atoms with Crippen LogP contribution < -0.4 is 10.5 Å². The van der Waals surface area contributed by atoms with Gasteiger partial charge in [-0.3, -0.25) is 0 Å². The smallest absolute Gasteiger partial charge is 0.213 e. The van der Waals surface area contributed by atoms with E-state index in [9.17, 15) is 0 Å². The van der Waals surface area contributed by atoms with Crippen molar-refractivity contribution >= 4 is 5.82 Å². The van der Waals surface area contributed by atoms with E-state index in [0.29, 0.717) is 11.7 Å². The van der Waals surface area contributed by atoms with E-state index in [-0.39, 0.29) is 5.92 Å². The second-order valence-corrected chi connectivity index (χ2v) is 4.68. The molecule has 2 rings (SSSR count). The fourth-order valence-electron chi connectivity index (χ4n) is 1.76. The summed E-state index contributed by atoms with van der Waals surface area (Å²) < 4.78 is 5.14. The molecule has 2 aromatic rings. The average Bonchev–Trinajstić information content (AvgIpc) is 2.41. The Morgan fingerprint density at radius 2 is 2.00 bits per heavy atom. The first kappa shape index (κ1) is 13.3. The molecule has 0 saturated heterocycles. The second kappa shape index (κ2) is 5.22. The zero-order chi connectivity index (χ0) is 14.0. The van der Waals surface area contributed by atoms with E-state index in [1.165, 1.54) is 0 Å². The van der Waals surface area contributed by atoms with Gasteiger partial charge in [0.15, 0.2) is 0 Å². The molecule has 0 unspecified atom stereocenters. The summed E-state index contributed by atoms with van der Waals surface area (Å²) in [4.78, 5) is 13.0. The van der Waals surface area contributed by atoms with Crippen molar-refractivity contribution in [3.05, 3.63) is 29.7 Å². The predicted molar refractivity (Wildman–Crippen MR) is 75.1 cm³/mol. The highest BCUT2D eigenvalue weighted by Gasteiger charge is 2.13. The topological polar surface area (TPSA) is 73.9 Å². The maximum absolute atomic E-state index is 5.97. The van der Waals surface area contributed by atoms with Crippen molar-refractivity contribution in [3.63, 3.8) is 0 Å². The minimum absolute atomic E-state index is 0.227. The van der Waals surface area contributed by atoms with E-state index >= 15 is 0 Å². The Morgan fingerprint density at radius 1 is 1.26 bits per heavy atom. The third kappa shape index (κ3) is 2.65. The van der Waals surface area contributed by atoms with Gasteiger partial charge in [0.25, 0.3) is 0 Å². The molecule has 0 radical (unpaired) electrons. The standard InChI is InChI=1S/C14H18N4O/c1-8(2)14-17-12(9(3)13(15)18-14)10-5-6-16-11(7-10)19-4/h5-8H,1-4H3,(H2,15,17,18). The van der Waals surface area contributed by atoms with Crippen LogP contribution in [0.2, 0.25) is 0 Å². The molecule has 0 aliphatic rings. The summed E-state index contributed by atoms with van der Waals surface area (Å²) in [6, 6.07) is 3.74. The van der Waals surface area contributed by atoms with Crippen LogP contribution in [0.3, 0.4) is 0 Å². The van der Waals surface area contributed by atoms with Gasteiger partial charge in [0, 0.05) is 29.3 Å². The Morgan fingerprint density at radius 3 is 2.63 bits per heavy atom. The van der Waals surface area contributed by atoms with Crippen LogP contribution in [-0.2, 0) is 0 Å². The van der Waals surface area contributed by atoms with E-state index in [1.807, 2.05) is 32.9 Å². The molecule has 100 valence electrons. The molecule has 0 aliphatic carbocycles. The first-order chi connectivity index (χ1) is 9.02. The number of nitrogens with two attached hydrogens (primary N) is 1. The normalized spacial score (nSPS) is 10.8. The van der Waals surface area contributed by atoms with Crippen molar-refractivity contribution in [2.24, 2.45) is 0 Å². The van der Waals surface area contributed by atoms with Gasteiger partial charge in [0.05, 0.1) is 12.8 Å². The number of ether oxygens (including phenoxy) is 1. The van der Waals surface area contributed by atoms with Gasteiger partial charge in [0.2, 0.25) is 5.88 Å². The number of rotatable bonds is 3. The number of hydrogen-bond donors (Lipinski definition) is 1. The monoisotopic (exact) mass is 258 g/mol. The van der Waals surface area contributed by atoms with Crippen molar-refractivity contribution in [2.75, 3.05) is 12.8 Å². The van der Waals surface area contributed by atoms with Crippen LogP contribution in [0.4, 0.5) is 5.82 Å². The zero-order valence-corrected chi connectivity index (χ0v) is 11.6. The molecule has 0 fully saturated rings. The molecule has 0 bridgehead atoms. The lowest BCUT2D eigenvalue weighted by Crippen LogP contribution is -2.06. The van der Waals surface area contributed by atoms with Crippen LogP contribution in [0.15, 0.2) is 18.3 Å². The molecule has 0 aliphatic heterocycles. The van der Waals surface area contributed by atoms with Crippen LogP contribution >= 0.6 is 0 Å². The van der Waals surface area contributed by atoms with E-state index in [4.69, 9.17) is 10.5 Å². The number of hydrogen-bond acceptors (Lipinski definition) is 5. The van der Waals surface area contributed by atoms with Crippen molar-refractivity contribution < 1.29 is 4.74 Å². The molecule has 19 heavy (non-hydrogen) atoms. The number of anilines is 1. The Balaban J connectivity index is 2.60. The zero-order valence-electron chi connectivity index (χ0n) is 11.6. The third-order valence-corrected chi connectivity index (χ3v) is 2.93. The van der Waals surface area contributed by atoms with Gasteiger partial charge in [-0.2, -0.15) is 0 Å². The lowest BCUT2D eigenvalue weighted by molar-refractivity contribution is 0.398. The lowest BCUT2D eigenvalue weighted by Gasteiger charge is -2.12. The Hall–Kier alpha value is -2.17. The summed E-state index contributed by atoms with van der Waals surface area (Å²) in [7, 11) is 1.59. The van der Waals surface area contributed by atoms with Crippen LogP contribution in [0.1, 0.15) is 31.2 Å². The van der Waals surface area contributed by atoms with Gasteiger partial charge in [-0.15, -0.1) is 0 Å². The molecule has 0 atom stereocenters. The average molecular weight is 258 g/mol. The molecule has 2 aromatic heterocycles. The van der Waals surface area contributed by atoms with E-state index < -0.39 is 0 Å². The highest BCUT2D eigenvalue weighted by molar-refractivity contribution is 5.67. The van der Waals surface area contributed by atoms with Gasteiger partial charge < -0.3 is 10.5 Å². The molecule has 2 heterocycles. The first-order valence-electron chi connectivity index (χ1n) is 6.17. The number of aromatic nitrogens is 3. The highest BCUT2D eigenvalue weighted by atomic mass is 16.5. The second-order valence-electron chi connectivity index (χ2n) is 4.68. The summed E-state index contributed by atoms with van der Waals surface area (Å²) in [6.45, 7) is 6.00. The molecular formula is C14H18N4O. The van der Waals surface area contributed by atoms with Gasteiger partial charge in [-0.25, -0.2) is 15.0 Å². The summed E-state index contributed by atoms with van der Waals surface area (Å²) >= 11 is 0. The summed E-state index contributed by atoms with van der Waals surface area (Å²) in [5.74, 6) is 2.05. The molecule has 0 amide bonds. The summed E-state index contributed by atoms with van der Waals surface area (Å²) in [6.07, 6.45) is 1.70. The fraction of sp³-hybridized carbons (Fsp3) is 0.357. The molecule has 0 spiro atoms. The quantitative estimate of drug-likeness (QED) is 0.915. The number of methoxy groups -OCH3 is 1. The summed E-state index contributed by atoms with van der Waals surface area (Å²) in [5.41, 5.74) is 8.60. The van der Waals surface area contributed by atoms with Crippen molar-refractivity contribution in [2.45, 2.75) is 26.7 Å². The number of nitrogens with zero attached hydrogens (tertiary/aromatic N) is 3. The van der Waals surface area contributed by atoms with Gasteiger partial charge in [-0.05, 0) is 13.0 Å². The SMILES string of the molecule is COc1cc(-c2nc(C(C)C)nc(N)c2C)ccn1. The third-order valence-electron chi connectivity index (χ3n) is 2.93. The van der Waals surface area contributed by atoms with E-state index in [1.54, 1.807) is 13.3 Å². The van der Waals surface area contributed by atoms with Gasteiger partial charge >= 0.3 is 0 Å². The van der Waals surface area contributed by atoms with Crippen LogP contribution in [0, 0.1) is 6.92 Å². The number of nitrogen functional groups attached to an aromatic ring is 1. The molecule has 0 saturated carbocycles. The molecular weight excluding hydrogens is 240 g/mol. The number of pyridine rings is 1. The van der Waals surface area contributed by atoms with Crippen molar-refractivity contribution in [1.29, 1.82) is 0 Å². The van der Waals surface area contributed by atoms with E-state index in [2.05, 4.69) is 15.0 Å². The summed E-state index contributed by atoms with van der Waals surface area (Å²) in [5, 5.41) is 0. The maximum atomic E-state index is 5.97. The maximum Gasteiger partial charge on any atom is 0.213 e. The Labute approximate surface area is 112 Å². The Bertz CT molecular complexity index is 596. The van der Waals surface area contributed by atoms with Gasteiger partial charge in [-0.1, -0.05) is 13.8 Å². The van der Waals surface area contributed by atoms with E-state index in [0.717, 1.165) is 22.6 Å². The first-order valence-corrected chi connectivity index (χ1v) is 6.17. The Kier molecular flexibility index (Phi) is 3.64. The predicted octanol–water partition coefficient (Wildman–Crippen LogP) is 2.56. The van der Waals surface area contributed by atoms with Crippen LogP contribution in [-0.4, -0.2) is 22.1 Å². The van der Waals surface area contributed by atoms with Crippen molar-refractivity contribution in [1.82, 2.24) is 15.0 Å². The van der Waals surface area contributed by atoms with Gasteiger partial charge in [0.1, 0.15) is 11.6 Å². The van der Waals surface area contributed by atoms with Crippen molar-refractivity contribution in [3.8, 4) is 17.1 Å². The minimum Gasteiger partial charge on any atom is -0.481 e. The molecule has 5 heteroatoms. The lowest BCUT2D eigenvalue weighted by atomic mass is 10.1. The minimum atomic E-state index is 0.227. The fourth-order valence-corrected chi connectivity index (χ4v) is 1.76. The highest BCUT2D eigenvalue weighted by Crippen LogP contribution is 2.27. The molecule has 0 aromatic carbocycles. The molecule has 2 N–H and O–H groups in total.